The number of para-hydroxylation sites is 1. The number of nitrogens with two attached hydrogens (primary N) is 1. The molecule has 2 N–H and O–H groups in total. The van der Waals surface area contributed by atoms with Crippen molar-refractivity contribution in [3.63, 3.8) is 0 Å². The first kappa shape index (κ1) is 22.2. The number of hydrogen-bond acceptors (Lipinski definition) is 5. The zero-order chi connectivity index (χ0) is 17.4. The minimum Gasteiger partial charge on any atom is -0.348 e. The van der Waals surface area contributed by atoms with Gasteiger partial charge in [0, 0.05) is 32.1 Å². The third-order valence-electron chi connectivity index (χ3n) is 5.76. The van der Waals surface area contributed by atoms with Crippen molar-refractivity contribution < 1.29 is 4.79 Å². The van der Waals surface area contributed by atoms with Crippen molar-refractivity contribution in [2.24, 2.45) is 17.1 Å². The molecule has 3 heterocycles. The molecule has 2 aromatic rings. The van der Waals surface area contributed by atoms with Gasteiger partial charge in [0.15, 0.2) is 5.13 Å². The highest BCUT2D eigenvalue weighted by Gasteiger charge is 2.38. The fraction of sp³-hybridized carbons (Fsp3) is 0.579. The van der Waals surface area contributed by atoms with Crippen LogP contribution < -0.4 is 10.6 Å². The van der Waals surface area contributed by atoms with E-state index in [1.807, 2.05) is 11.0 Å². The first-order chi connectivity index (χ1) is 12.1. The maximum atomic E-state index is 12.8. The standard InChI is InChI=1S/C19H26N4OS.2ClH/c1-19(12-20)8-11-23(13-19)17(24)14-6-9-22(10-7-14)18-21-15-4-2-3-5-16(15)25-18;;/h2-5,14H,6-13,20H2,1H3;2*1H. The number of carbonyl (C=O) groups excluding carboxylic acids is 1. The molecule has 2 saturated heterocycles. The van der Waals surface area contributed by atoms with Crippen LogP contribution in [-0.2, 0) is 4.79 Å². The SMILES string of the molecule is CC1(CN)CCN(C(=O)C2CCN(c3nc4ccccc4s3)CC2)C1.Cl.Cl. The third-order valence-corrected chi connectivity index (χ3v) is 6.86. The van der Waals surface area contributed by atoms with Crippen molar-refractivity contribution >= 4 is 57.4 Å². The summed E-state index contributed by atoms with van der Waals surface area (Å²) in [6, 6.07) is 8.27. The smallest absolute Gasteiger partial charge is 0.225 e. The number of likely N-dealkylation sites (tertiary alicyclic amines) is 1. The second-order valence-corrected chi connectivity index (χ2v) is 8.76. The average molecular weight is 431 g/mol. The molecule has 0 radical (unpaired) electrons. The Morgan fingerprint density at radius 1 is 1.26 bits per heavy atom. The van der Waals surface area contributed by atoms with Gasteiger partial charge in [-0.1, -0.05) is 30.4 Å². The van der Waals surface area contributed by atoms with Crippen LogP contribution in [-0.4, -0.2) is 48.5 Å². The Hall–Kier alpha value is -1.08. The Bertz CT molecular complexity index is 745. The molecule has 0 bridgehead atoms. The van der Waals surface area contributed by atoms with Crippen molar-refractivity contribution in [2.45, 2.75) is 26.2 Å². The van der Waals surface area contributed by atoms with Gasteiger partial charge in [-0.25, -0.2) is 4.98 Å². The number of amides is 1. The molecule has 4 rings (SSSR count). The highest BCUT2D eigenvalue weighted by atomic mass is 35.5. The van der Waals surface area contributed by atoms with E-state index in [-0.39, 0.29) is 36.1 Å². The molecule has 1 aromatic heterocycles. The molecular weight excluding hydrogens is 403 g/mol. The molecule has 1 atom stereocenters. The van der Waals surface area contributed by atoms with Crippen molar-refractivity contribution in [1.82, 2.24) is 9.88 Å². The molecule has 0 spiro atoms. The number of thiazole rings is 1. The summed E-state index contributed by atoms with van der Waals surface area (Å²) in [5.41, 5.74) is 7.05. The van der Waals surface area contributed by atoms with Crippen molar-refractivity contribution in [1.29, 1.82) is 0 Å². The minimum absolute atomic E-state index is 0. The molecule has 150 valence electrons. The second kappa shape index (κ2) is 8.95. The van der Waals surface area contributed by atoms with Gasteiger partial charge in [-0.05, 0) is 43.4 Å². The molecule has 1 amide bonds. The Morgan fingerprint density at radius 2 is 1.96 bits per heavy atom. The number of halogens is 2. The Morgan fingerprint density at radius 3 is 2.59 bits per heavy atom. The number of piperidine rings is 1. The summed E-state index contributed by atoms with van der Waals surface area (Å²) in [4.78, 5) is 22.0. The van der Waals surface area contributed by atoms with Crippen LogP contribution in [0.4, 0.5) is 5.13 Å². The maximum absolute atomic E-state index is 12.8. The van der Waals surface area contributed by atoms with Crippen molar-refractivity contribution in [3.8, 4) is 0 Å². The van der Waals surface area contributed by atoms with Gasteiger partial charge in [-0.2, -0.15) is 0 Å². The summed E-state index contributed by atoms with van der Waals surface area (Å²) in [6.45, 7) is 6.37. The van der Waals surface area contributed by atoms with E-state index in [0.717, 1.165) is 56.1 Å². The lowest BCUT2D eigenvalue weighted by molar-refractivity contribution is -0.135. The summed E-state index contributed by atoms with van der Waals surface area (Å²) >= 11 is 1.75. The van der Waals surface area contributed by atoms with E-state index < -0.39 is 0 Å². The number of hydrogen-bond donors (Lipinski definition) is 1. The molecule has 2 aliphatic rings. The topological polar surface area (TPSA) is 62.5 Å². The predicted molar refractivity (Wildman–Crippen MR) is 117 cm³/mol. The molecule has 1 aromatic carbocycles. The highest BCUT2D eigenvalue weighted by Crippen LogP contribution is 2.34. The zero-order valence-electron chi connectivity index (χ0n) is 15.6. The molecular formula is C19H28Cl2N4OS. The van der Waals surface area contributed by atoms with E-state index in [1.54, 1.807) is 11.3 Å². The number of rotatable bonds is 3. The summed E-state index contributed by atoms with van der Waals surface area (Å²) < 4.78 is 1.23. The first-order valence-electron chi connectivity index (χ1n) is 9.17. The van der Waals surface area contributed by atoms with Crippen LogP contribution in [0.2, 0.25) is 0 Å². The highest BCUT2D eigenvalue weighted by molar-refractivity contribution is 7.22. The van der Waals surface area contributed by atoms with Gasteiger partial charge >= 0.3 is 0 Å². The predicted octanol–water partition coefficient (Wildman–Crippen LogP) is 3.55. The largest absolute Gasteiger partial charge is 0.348 e. The quantitative estimate of drug-likeness (QED) is 0.808. The van der Waals surface area contributed by atoms with Crippen LogP contribution in [0.15, 0.2) is 24.3 Å². The van der Waals surface area contributed by atoms with Gasteiger partial charge in [0.05, 0.1) is 10.2 Å². The lowest BCUT2D eigenvalue weighted by Crippen LogP contribution is -2.43. The van der Waals surface area contributed by atoms with Gasteiger partial charge in [0.2, 0.25) is 5.91 Å². The van der Waals surface area contributed by atoms with Crippen LogP contribution in [0.1, 0.15) is 26.2 Å². The zero-order valence-corrected chi connectivity index (χ0v) is 18.0. The number of carbonyl (C=O) groups is 1. The van der Waals surface area contributed by atoms with Gasteiger partial charge in [0.25, 0.3) is 0 Å². The molecule has 0 aliphatic carbocycles. The number of fused-ring (bicyclic) bond motifs is 1. The van der Waals surface area contributed by atoms with E-state index in [0.29, 0.717) is 12.5 Å². The molecule has 2 aliphatic heterocycles. The Kier molecular flexibility index (Phi) is 7.36. The molecule has 5 nitrogen and oxygen atoms in total. The summed E-state index contributed by atoms with van der Waals surface area (Å²) in [5, 5.41) is 1.09. The van der Waals surface area contributed by atoms with Crippen LogP contribution in [0.3, 0.4) is 0 Å². The van der Waals surface area contributed by atoms with E-state index in [1.165, 1.54) is 4.70 Å². The molecule has 8 heteroatoms. The summed E-state index contributed by atoms with van der Waals surface area (Å²) in [7, 11) is 0. The van der Waals surface area contributed by atoms with E-state index in [9.17, 15) is 4.79 Å². The lowest BCUT2D eigenvalue weighted by atomic mass is 9.90. The average Bonchev–Trinajstić information content (AvgIpc) is 3.25. The Balaban J connectivity index is 0.00000131. The van der Waals surface area contributed by atoms with E-state index in [2.05, 4.69) is 30.0 Å². The maximum Gasteiger partial charge on any atom is 0.225 e. The van der Waals surface area contributed by atoms with E-state index in [4.69, 9.17) is 10.7 Å². The first-order valence-corrected chi connectivity index (χ1v) is 9.99. The number of benzene rings is 1. The molecule has 0 saturated carbocycles. The summed E-state index contributed by atoms with van der Waals surface area (Å²) in [5.74, 6) is 0.492. The molecule has 27 heavy (non-hydrogen) atoms. The Labute approximate surface area is 177 Å². The fourth-order valence-corrected chi connectivity index (χ4v) is 4.97. The van der Waals surface area contributed by atoms with Crippen molar-refractivity contribution in [3.05, 3.63) is 24.3 Å². The van der Waals surface area contributed by atoms with Crippen LogP contribution >= 0.6 is 36.2 Å². The monoisotopic (exact) mass is 430 g/mol. The van der Waals surface area contributed by atoms with E-state index >= 15 is 0 Å². The lowest BCUT2D eigenvalue weighted by Gasteiger charge is -2.33. The normalized spacial score (nSPS) is 23.2. The van der Waals surface area contributed by atoms with Gasteiger partial charge < -0.3 is 15.5 Å². The number of aromatic nitrogens is 1. The number of nitrogens with zero attached hydrogens (tertiary/aromatic N) is 3. The summed E-state index contributed by atoms with van der Waals surface area (Å²) in [6.07, 6.45) is 2.87. The van der Waals surface area contributed by atoms with Crippen LogP contribution in [0.25, 0.3) is 10.2 Å². The van der Waals surface area contributed by atoms with Gasteiger partial charge in [0.1, 0.15) is 0 Å². The third kappa shape index (κ3) is 4.50. The number of anilines is 1. The molecule has 2 fully saturated rings. The minimum atomic E-state index is 0. The molecule has 1 unspecified atom stereocenters. The van der Waals surface area contributed by atoms with Crippen molar-refractivity contribution in [2.75, 3.05) is 37.6 Å². The van der Waals surface area contributed by atoms with Gasteiger partial charge in [-0.3, -0.25) is 4.79 Å². The van der Waals surface area contributed by atoms with Crippen LogP contribution in [0.5, 0.6) is 0 Å². The van der Waals surface area contributed by atoms with Gasteiger partial charge in [-0.15, -0.1) is 24.8 Å². The van der Waals surface area contributed by atoms with Crippen LogP contribution in [0, 0.1) is 11.3 Å². The fourth-order valence-electron chi connectivity index (χ4n) is 3.95. The second-order valence-electron chi connectivity index (χ2n) is 7.75.